The summed E-state index contributed by atoms with van der Waals surface area (Å²) >= 11 is 0. The SMILES string of the molecule is Cc1ccc2c(-c3ncc([C@H](C)N)[nH]3)c[nH]c2c1. The average molecular weight is 240 g/mol. The lowest BCUT2D eigenvalue weighted by molar-refractivity contribution is 0.789. The molecule has 0 aliphatic heterocycles. The summed E-state index contributed by atoms with van der Waals surface area (Å²) in [4.78, 5) is 10.9. The Kier molecular flexibility index (Phi) is 2.45. The number of fused-ring (bicyclic) bond motifs is 1. The third-order valence-corrected chi connectivity index (χ3v) is 3.18. The zero-order valence-corrected chi connectivity index (χ0v) is 10.5. The number of aromatic nitrogens is 3. The molecular weight excluding hydrogens is 224 g/mol. The number of imidazole rings is 1. The fraction of sp³-hybridized carbons (Fsp3) is 0.214. The van der Waals surface area contributed by atoms with Gasteiger partial charge in [0.15, 0.2) is 0 Å². The van der Waals surface area contributed by atoms with Crippen molar-refractivity contribution in [2.75, 3.05) is 0 Å². The first-order valence-corrected chi connectivity index (χ1v) is 6.04. The van der Waals surface area contributed by atoms with Gasteiger partial charge in [0.1, 0.15) is 5.82 Å². The normalized spacial score (nSPS) is 13.1. The third kappa shape index (κ3) is 1.71. The molecule has 2 heterocycles. The minimum Gasteiger partial charge on any atom is -0.360 e. The standard InChI is InChI=1S/C14H16N4/c1-8-3-4-10-11(6-16-12(10)5-8)14-17-7-13(18-14)9(2)15/h3-7,9,16H,15H2,1-2H3,(H,17,18)/t9-/m0/s1. The van der Waals surface area contributed by atoms with Gasteiger partial charge in [-0.1, -0.05) is 12.1 Å². The summed E-state index contributed by atoms with van der Waals surface area (Å²) in [5.74, 6) is 0.859. The van der Waals surface area contributed by atoms with Crippen molar-refractivity contribution in [1.82, 2.24) is 15.0 Å². The summed E-state index contributed by atoms with van der Waals surface area (Å²) in [6, 6.07) is 6.33. The molecule has 1 atom stereocenters. The molecule has 0 spiro atoms. The van der Waals surface area contributed by atoms with Gasteiger partial charge in [0.05, 0.1) is 11.9 Å². The summed E-state index contributed by atoms with van der Waals surface area (Å²) < 4.78 is 0. The van der Waals surface area contributed by atoms with E-state index in [4.69, 9.17) is 5.73 Å². The van der Waals surface area contributed by atoms with Crippen LogP contribution in [-0.4, -0.2) is 15.0 Å². The van der Waals surface area contributed by atoms with E-state index < -0.39 is 0 Å². The van der Waals surface area contributed by atoms with Gasteiger partial charge in [-0.2, -0.15) is 0 Å². The van der Waals surface area contributed by atoms with Crippen LogP contribution in [0.25, 0.3) is 22.3 Å². The number of aryl methyl sites for hydroxylation is 1. The Morgan fingerprint density at radius 1 is 1.33 bits per heavy atom. The average Bonchev–Trinajstić information content (AvgIpc) is 2.92. The summed E-state index contributed by atoms with van der Waals surface area (Å²) in [6.45, 7) is 4.02. The first-order valence-electron chi connectivity index (χ1n) is 6.04. The lowest BCUT2D eigenvalue weighted by Gasteiger charge is -1.99. The van der Waals surface area contributed by atoms with E-state index in [1.54, 1.807) is 6.20 Å². The Morgan fingerprint density at radius 2 is 2.17 bits per heavy atom. The van der Waals surface area contributed by atoms with Crippen LogP contribution in [0, 0.1) is 6.92 Å². The van der Waals surface area contributed by atoms with Gasteiger partial charge in [-0.25, -0.2) is 4.98 Å². The van der Waals surface area contributed by atoms with E-state index in [1.165, 1.54) is 10.9 Å². The quantitative estimate of drug-likeness (QED) is 0.644. The largest absolute Gasteiger partial charge is 0.360 e. The topological polar surface area (TPSA) is 70.5 Å². The molecule has 0 unspecified atom stereocenters. The number of hydrogen-bond acceptors (Lipinski definition) is 2. The van der Waals surface area contributed by atoms with E-state index in [1.807, 2.05) is 13.1 Å². The molecule has 3 aromatic rings. The van der Waals surface area contributed by atoms with Crippen LogP contribution in [0.15, 0.2) is 30.6 Å². The number of nitrogens with zero attached hydrogens (tertiary/aromatic N) is 1. The van der Waals surface area contributed by atoms with Crippen LogP contribution in [0.3, 0.4) is 0 Å². The maximum atomic E-state index is 5.83. The van der Waals surface area contributed by atoms with Gasteiger partial charge >= 0.3 is 0 Å². The molecule has 4 heteroatoms. The van der Waals surface area contributed by atoms with Crippen molar-refractivity contribution in [3.63, 3.8) is 0 Å². The molecule has 0 radical (unpaired) electrons. The number of nitrogens with two attached hydrogens (primary N) is 1. The zero-order valence-electron chi connectivity index (χ0n) is 10.5. The van der Waals surface area contributed by atoms with Gasteiger partial charge in [0, 0.05) is 28.7 Å². The molecule has 4 nitrogen and oxygen atoms in total. The molecule has 0 saturated carbocycles. The van der Waals surface area contributed by atoms with Crippen LogP contribution in [0.4, 0.5) is 0 Å². The number of benzene rings is 1. The fourth-order valence-corrected chi connectivity index (χ4v) is 2.14. The van der Waals surface area contributed by atoms with Crippen LogP contribution < -0.4 is 5.73 Å². The van der Waals surface area contributed by atoms with Gasteiger partial charge in [-0.15, -0.1) is 0 Å². The van der Waals surface area contributed by atoms with E-state index in [0.717, 1.165) is 22.6 Å². The molecule has 0 amide bonds. The van der Waals surface area contributed by atoms with Gasteiger partial charge in [0.2, 0.25) is 0 Å². The molecule has 92 valence electrons. The summed E-state index contributed by atoms with van der Waals surface area (Å²) in [5.41, 5.74) is 10.2. The lowest BCUT2D eigenvalue weighted by atomic mass is 10.1. The van der Waals surface area contributed by atoms with Gasteiger partial charge in [-0.3, -0.25) is 0 Å². The van der Waals surface area contributed by atoms with Crippen LogP contribution in [0.1, 0.15) is 24.2 Å². The molecule has 0 bridgehead atoms. The van der Waals surface area contributed by atoms with E-state index in [-0.39, 0.29) is 6.04 Å². The molecule has 4 N–H and O–H groups in total. The van der Waals surface area contributed by atoms with Crippen LogP contribution >= 0.6 is 0 Å². The minimum atomic E-state index is -0.0290. The first kappa shape index (κ1) is 11.0. The number of rotatable bonds is 2. The van der Waals surface area contributed by atoms with Crippen LogP contribution in [0.5, 0.6) is 0 Å². The van der Waals surface area contributed by atoms with E-state index >= 15 is 0 Å². The van der Waals surface area contributed by atoms with Crippen molar-refractivity contribution in [1.29, 1.82) is 0 Å². The second-order valence-electron chi connectivity index (χ2n) is 4.73. The molecule has 0 fully saturated rings. The molecule has 3 rings (SSSR count). The predicted molar refractivity (Wildman–Crippen MR) is 73.2 cm³/mol. The highest BCUT2D eigenvalue weighted by Crippen LogP contribution is 2.27. The first-order chi connectivity index (χ1) is 8.65. The number of nitrogens with one attached hydrogen (secondary N) is 2. The molecule has 18 heavy (non-hydrogen) atoms. The molecule has 0 saturated heterocycles. The van der Waals surface area contributed by atoms with E-state index in [9.17, 15) is 0 Å². The number of aromatic amines is 2. The summed E-state index contributed by atoms with van der Waals surface area (Å²) in [7, 11) is 0. The lowest BCUT2D eigenvalue weighted by Crippen LogP contribution is -2.04. The Balaban J connectivity index is 2.13. The Labute approximate surface area is 105 Å². The maximum Gasteiger partial charge on any atom is 0.139 e. The second-order valence-corrected chi connectivity index (χ2v) is 4.73. The summed E-state index contributed by atoms with van der Waals surface area (Å²) in [6.07, 6.45) is 3.78. The van der Waals surface area contributed by atoms with E-state index in [0.29, 0.717) is 0 Å². The maximum absolute atomic E-state index is 5.83. The highest BCUT2D eigenvalue weighted by Gasteiger charge is 2.10. The summed E-state index contributed by atoms with van der Waals surface area (Å²) in [5, 5.41) is 1.17. The van der Waals surface area contributed by atoms with Crippen molar-refractivity contribution >= 4 is 10.9 Å². The Morgan fingerprint density at radius 3 is 2.89 bits per heavy atom. The molecule has 2 aromatic heterocycles. The van der Waals surface area contributed by atoms with Crippen LogP contribution in [0.2, 0.25) is 0 Å². The van der Waals surface area contributed by atoms with Crippen molar-refractivity contribution in [2.45, 2.75) is 19.9 Å². The Bertz CT molecular complexity index is 691. The number of H-pyrrole nitrogens is 2. The van der Waals surface area contributed by atoms with Crippen molar-refractivity contribution < 1.29 is 0 Å². The smallest absolute Gasteiger partial charge is 0.139 e. The van der Waals surface area contributed by atoms with Gasteiger partial charge in [0.25, 0.3) is 0 Å². The predicted octanol–water partition coefficient (Wildman–Crippen LogP) is 2.89. The molecular formula is C14H16N4. The highest BCUT2D eigenvalue weighted by atomic mass is 14.9. The Hall–Kier alpha value is -2.07. The monoisotopic (exact) mass is 240 g/mol. The molecule has 0 aliphatic rings. The second kappa shape index (κ2) is 3.99. The van der Waals surface area contributed by atoms with E-state index in [2.05, 4.69) is 40.1 Å². The zero-order chi connectivity index (χ0) is 12.7. The minimum absolute atomic E-state index is 0.0290. The highest BCUT2D eigenvalue weighted by molar-refractivity contribution is 5.94. The number of hydrogen-bond donors (Lipinski definition) is 3. The molecule has 0 aliphatic carbocycles. The fourth-order valence-electron chi connectivity index (χ4n) is 2.14. The molecule has 1 aromatic carbocycles. The van der Waals surface area contributed by atoms with Crippen molar-refractivity contribution in [3.8, 4) is 11.4 Å². The third-order valence-electron chi connectivity index (χ3n) is 3.18. The van der Waals surface area contributed by atoms with Crippen molar-refractivity contribution in [2.24, 2.45) is 5.73 Å². The van der Waals surface area contributed by atoms with Gasteiger partial charge < -0.3 is 15.7 Å². The van der Waals surface area contributed by atoms with Crippen molar-refractivity contribution in [3.05, 3.63) is 41.9 Å². The van der Waals surface area contributed by atoms with Crippen LogP contribution in [-0.2, 0) is 0 Å². The van der Waals surface area contributed by atoms with Gasteiger partial charge in [-0.05, 0) is 25.5 Å².